The second-order valence-electron chi connectivity index (χ2n) is 5.46. The number of hydrogen-bond donors (Lipinski definition) is 0. The maximum Gasteiger partial charge on any atom is 0.0408 e. The molecule has 114 valence electrons. The van der Waals surface area contributed by atoms with E-state index in [-0.39, 0.29) is 17.0 Å². The van der Waals surface area contributed by atoms with Gasteiger partial charge in [0.2, 0.25) is 0 Å². The summed E-state index contributed by atoms with van der Waals surface area (Å²) < 4.78 is 0. The molecule has 0 aliphatic rings. The van der Waals surface area contributed by atoms with E-state index >= 15 is 0 Å². The Morgan fingerprint density at radius 1 is 0.952 bits per heavy atom. The van der Waals surface area contributed by atoms with Crippen LogP contribution in [-0.2, 0) is 0 Å². The minimum atomic E-state index is 0. The molecule has 0 heterocycles. The van der Waals surface area contributed by atoms with E-state index in [1.165, 1.54) is 17.5 Å². The Bertz CT molecular complexity index is 528. The van der Waals surface area contributed by atoms with Gasteiger partial charge in [-0.3, -0.25) is 0 Å². The molecule has 0 fully saturated rings. The largest absolute Gasteiger partial charge is 0.309 e. The molecule has 1 unspecified atom stereocenters. The van der Waals surface area contributed by atoms with E-state index in [0.717, 1.165) is 18.0 Å². The van der Waals surface area contributed by atoms with Crippen molar-refractivity contribution in [2.75, 3.05) is 20.6 Å². The van der Waals surface area contributed by atoms with Gasteiger partial charge < -0.3 is 4.90 Å². The van der Waals surface area contributed by atoms with E-state index in [4.69, 9.17) is 11.6 Å². The third kappa shape index (κ3) is 5.82. The summed E-state index contributed by atoms with van der Waals surface area (Å²) in [6.45, 7) is 1.11. The van der Waals surface area contributed by atoms with Crippen LogP contribution in [-0.4, -0.2) is 25.5 Å². The first kappa shape index (κ1) is 18.2. The van der Waals surface area contributed by atoms with Gasteiger partial charge in [0.15, 0.2) is 0 Å². The summed E-state index contributed by atoms with van der Waals surface area (Å²) in [7, 11) is 4.24. The Labute approximate surface area is 143 Å². The van der Waals surface area contributed by atoms with Crippen LogP contribution in [0, 0.1) is 0 Å². The van der Waals surface area contributed by atoms with Crippen molar-refractivity contribution in [1.29, 1.82) is 0 Å². The van der Waals surface area contributed by atoms with Crippen molar-refractivity contribution in [3.05, 3.63) is 70.7 Å². The average molecular weight is 369 g/mol. The van der Waals surface area contributed by atoms with Gasteiger partial charge in [-0.15, -0.1) is 17.0 Å². The Balaban J connectivity index is 0.00000220. The van der Waals surface area contributed by atoms with E-state index in [1.54, 1.807) is 0 Å². The van der Waals surface area contributed by atoms with Crippen molar-refractivity contribution in [3.8, 4) is 0 Å². The molecular weight excluding hydrogens is 346 g/mol. The lowest BCUT2D eigenvalue weighted by Crippen LogP contribution is -2.14. The Morgan fingerprint density at radius 2 is 1.62 bits per heavy atom. The SMILES string of the molecule is Br.CN(C)CCCC(c1ccccc1)c1cccc(Cl)c1. The highest BCUT2D eigenvalue weighted by Gasteiger charge is 2.14. The van der Waals surface area contributed by atoms with Gasteiger partial charge in [0, 0.05) is 10.9 Å². The number of benzene rings is 2. The quantitative estimate of drug-likeness (QED) is 0.660. The van der Waals surface area contributed by atoms with Crippen LogP contribution < -0.4 is 0 Å². The highest BCUT2D eigenvalue weighted by Crippen LogP contribution is 2.30. The minimum Gasteiger partial charge on any atom is -0.309 e. The van der Waals surface area contributed by atoms with Crippen LogP contribution >= 0.6 is 28.6 Å². The topological polar surface area (TPSA) is 3.24 Å². The summed E-state index contributed by atoms with van der Waals surface area (Å²) in [5.74, 6) is 0.426. The summed E-state index contributed by atoms with van der Waals surface area (Å²) in [6.07, 6.45) is 2.32. The van der Waals surface area contributed by atoms with Gasteiger partial charge in [-0.1, -0.05) is 54.1 Å². The molecule has 2 aromatic carbocycles. The second kappa shape index (κ2) is 9.24. The molecule has 0 saturated heterocycles. The first-order valence-corrected chi connectivity index (χ1v) is 7.50. The van der Waals surface area contributed by atoms with E-state index in [2.05, 4.69) is 61.5 Å². The summed E-state index contributed by atoms with van der Waals surface area (Å²) in [5.41, 5.74) is 2.68. The second-order valence-corrected chi connectivity index (χ2v) is 5.90. The molecule has 0 aliphatic carbocycles. The average Bonchev–Trinajstić information content (AvgIpc) is 2.44. The molecule has 0 amide bonds. The predicted octanol–water partition coefficient (Wildman–Crippen LogP) is 5.39. The lowest BCUT2D eigenvalue weighted by Gasteiger charge is -2.19. The molecule has 1 nitrogen and oxygen atoms in total. The van der Waals surface area contributed by atoms with Crippen LogP contribution in [0.5, 0.6) is 0 Å². The summed E-state index contributed by atoms with van der Waals surface area (Å²) in [4.78, 5) is 2.24. The molecule has 0 radical (unpaired) electrons. The molecule has 0 aliphatic heterocycles. The predicted molar refractivity (Wildman–Crippen MR) is 97.8 cm³/mol. The molecule has 0 N–H and O–H groups in total. The van der Waals surface area contributed by atoms with Gasteiger partial charge in [-0.2, -0.15) is 0 Å². The van der Waals surface area contributed by atoms with Gasteiger partial charge in [-0.25, -0.2) is 0 Å². The molecule has 3 heteroatoms. The van der Waals surface area contributed by atoms with Crippen molar-refractivity contribution in [1.82, 2.24) is 4.90 Å². The fourth-order valence-electron chi connectivity index (χ4n) is 2.55. The van der Waals surface area contributed by atoms with Crippen molar-refractivity contribution in [2.45, 2.75) is 18.8 Å². The van der Waals surface area contributed by atoms with Crippen LogP contribution in [0.15, 0.2) is 54.6 Å². The maximum atomic E-state index is 6.15. The van der Waals surface area contributed by atoms with E-state index in [0.29, 0.717) is 5.92 Å². The zero-order valence-electron chi connectivity index (χ0n) is 12.6. The summed E-state index contributed by atoms with van der Waals surface area (Å²) in [5, 5.41) is 0.816. The molecule has 1 atom stereocenters. The molecule has 0 aromatic heterocycles. The third-order valence-corrected chi connectivity index (χ3v) is 3.79. The van der Waals surface area contributed by atoms with Gasteiger partial charge in [0.05, 0.1) is 0 Å². The van der Waals surface area contributed by atoms with E-state index in [9.17, 15) is 0 Å². The zero-order chi connectivity index (χ0) is 14.4. The van der Waals surface area contributed by atoms with Crippen molar-refractivity contribution in [3.63, 3.8) is 0 Å². The highest BCUT2D eigenvalue weighted by atomic mass is 79.9. The van der Waals surface area contributed by atoms with Crippen LogP contribution in [0.2, 0.25) is 5.02 Å². The highest BCUT2D eigenvalue weighted by molar-refractivity contribution is 8.93. The Kier molecular flexibility index (Phi) is 8.02. The van der Waals surface area contributed by atoms with Gasteiger partial charge in [0.1, 0.15) is 0 Å². The molecule has 2 rings (SSSR count). The third-order valence-electron chi connectivity index (χ3n) is 3.55. The van der Waals surface area contributed by atoms with E-state index < -0.39 is 0 Å². The summed E-state index contributed by atoms with van der Waals surface area (Å²) >= 11 is 6.15. The minimum absolute atomic E-state index is 0. The lowest BCUT2D eigenvalue weighted by atomic mass is 9.87. The summed E-state index contributed by atoms with van der Waals surface area (Å²) in [6, 6.07) is 19.0. The molecule has 0 bridgehead atoms. The maximum absolute atomic E-state index is 6.15. The number of nitrogens with zero attached hydrogens (tertiary/aromatic N) is 1. The van der Waals surface area contributed by atoms with Crippen LogP contribution in [0.1, 0.15) is 29.9 Å². The normalized spacial score (nSPS) is 12.0. The van der Waals surface area contributed by atoms with Gasteiger partial charge in [-0.05, 0) is 56.7 Å². The molecule has 0 spiro atoms. The van der Waals surface area contributed by atoms with Crippen molar-refractivity contribution >= 4 is 28.6 Å². The van der Waals surface area contributed by atoms with Gasteiger partial charge >= 0.3 is 0 Å². The fraction of sp³-hybridized carbons (Fsp3) is 0.333. The van der Waals surface area contributed by atoms with Crippen molar-refractivity contribution in [2.24, 2.45) is 0 Å². The monoisotopic (exact) mass is 367 g/mol. The van der Waals surface area contributed by atoms with E-state index in [1.807, 2.05) is 12.1 Å². The first-order valence-electron chi connectivity index (χ1n) is 7.12. The standard InChI is InChI=1S/C18H22ClN.BrH/c1-20(2)13-7-12-18(15-8-4-3-5-9-15)16-10-6-11-17(19)14-16;/h3-6,8-11,14,18H,7,12-13H2,1-2H3;1H. The fourth-order valence-corrected chi connectivity index (χ4v) is 2.74. The van der Waals surface area contributed by atoms with Gasteiger partial charge in [0.25, 0.3) is 0 Å². The molecule has 21 heavy (non-hydrogen) atoms. The number of halogens is 2. The van der Waals surface area contributed by atoms with Crippen LogP contribution in [0.25, 0.3) is 0 Å². The smallest absolute Gasteiger partial charge is 0.0408 e. The number of hydrogen-bond acceptors (Lipinski definition) is 1. The van der Waals surface area contributed by atoms with Crippen LogP contribution in [0.4, 0.5) is 0 Å². The zero-order valence-corrected chi connectivity index (χ0v) is 15.1. The molecule has 0 saturated carbocycles. The van der Waals surface area contributed by atoms with Crippen LogP contribution in [0.3, 0.4) is 0 Å². The lowest BCUT2D eigenvalue weighted by molar-refractivity contribution is 0.390. The Hall–Kier alpha value is -0.830. The first-order chi connectivity index (χ1) is 9.66. The number of rotatable bonds is 6. The molecule has 2 aromatic rings. The van der Waals surface area contributed by atoms with Crippen molar-refractivity contribution < 1.29 is 0 Å². The molecular formula is C18H23BrClN. The Morgan fingerprint density at radius 3 is 2.24 bits per heavy atom.